The molecule has 2 aromatic heterocycles. The number of fused-ring (bicyclic) bond motifs is 1. The summed E-state index contributed by atoms with van der Waals surface area (Å²) in [5.74, 6) is -0.672. The van der Waals surface area contributed by atoms with E-state index in [0.717, 1.165) is 5.56 Å². The highest BCUT2D eigenvalue weighted by Gasteiger charge is 2.39. The van der Waals surface area contributed by atoms with Gasteiger partial charge in [0.2, 0.25) is 5.95 Å². The average molecular weight is 431 g/mol. The number of anilines is 1. The normalized spacial score (nSPS) is 22.1. The molecule has 10 nitrogen and oxygen atoms in total. The number of aromatic nitrogens is 4. The third-order valence-corrected chi connectivity index (χ3v) is 6.63. The topological polar surface area (TPSA) is 153 Å². The Morgan fingerprint density at radius 2 is 2.07 bits per heavy atom. The molecule has 1 aliphatic carbocycles. The van der Waals surface area contributed by atoms with Crippen molar-refractivity contribution in [2.75, 3.05) is 12.3 Å². The molecule has 0 saturated heterocycles. The molecule has 0 bridgehead atoms. The standard InChI is InChI=1S/C19H21N5O5S/c1-10-3-5-12(6-4-10)30(27,28)29-8-13-11(2)14(7-15(13)25)24-9-21-16-17(24)22-19(20)23-18(16)26/h3-6,9,13-15,25H,2,7-8H2,1H3,(H3,20,22,23,26)/t13-,14-,15?/m0/s1. The van der Waals surface area contributed by atoms with Gasteiger partial charge in [-0.15, -0.1) is 0 Å². The van der Waals surface area contributed by atoms with Gasteiger partial charge >= 0.3 is 0 Å². The summed E-state index contributed by atoms with van der Waals surface area (Å²) in [5.41, 5.74) is 7.04. The third kappa shape index (κ3) is 3.51. The summed E-state index contributed by atoms with van der Waals surface area (Å²) in [6, 6.07) is 5.87. The number of aryl methyl sites for hydroxylation is 1. The highest BCUT2D eigenvalue weighted by atomic mass is 32.2. The van der Waals surface area contributed by atoms with Gasteiger partial charge < -0.3 is 15.4 Å². The molecule has 2 heterocycles. The van der Waals surface area contributed by atoms with Crippen LogP contribution in [-0.4, -0.2) is 45.8 Å². The van der Waals surface area contributed by atoms with E-state index in [2.05, 4.69) is 21.5 Å². The van der Waals surface area contributed by atoms with Crippen molar-refractivity contribution >= 4 is 27.2 Å². The highest BCUT2D eigenvalue weighted by Crippen LogP contribution is 2.40. The van der Waals surface area contributed by atoms with Crippen molar-refractivity contribution < 1.29 is 17.7 Å². The fourth-order valence-electron chi connectivity index (χ4n) is 3.66. The van der Waals surface area contributed by atoms with Crippen LogP contribution in [0.1, 0.15) is 18.0 Å². The Morgan fingerprint density at radius 1 is 1.37 bits per heavy atom. The van der Waals surface area contributed by atoms with E-state index >= 15 is 0 Å². The molecule has 1 aromatic carbocycles. The van der Waals surface area contributed by atoms with Crippen LogP contribution in [0, 0.1) is 12.8 Å². The zero-order valence-electron chi connectivity index (χ0n) is 16.1. The predicted molar refractivity (Wildman–Crippen MR) is 109 cm³/mol. The molecule has 0 amide bonds. The van der Waals surface area contributed by atoms with Crippen LogP contribution >= 0.6 is 0 Å². The molecule has 30 heavy (non-hydrogen) atoms. The molecule has 4 rings (SSSR count). The second-order valence-corrected chi connectivity index (χ2v) is 8.94. The van der Waals surface area contributed by atoms with E-state index in [-0.39, 0.29) is 35.0 Å². The monoisotopic (exact) mass is 431 g/mol. The molecule has 0 spiro atoms. The van der Waals surface area contributed by atoms with Crippen molar-refractivity contribution in [3.8, 4) is 0 Å². The number of nitrogen functional groups attached to an aromatic ring is 1. The Hall–Kier alpha value is -3.02. The molecular formula is C19H21N5O5S. The number of benzene rings is 1. The van der Waals surface area contributed by atoms with Crippen LogP contribution in [0.2, 0.25) is 0 Å². The fourth-order valence-corrected chi connectivity index (χ4v) is 4.59. The van der Waals surface area contributed by atoms with Gasteiger partial charge in [0, 0.05) is 5.92 Å². The van der Waals surface area contributed by atoms with Crippen molar-refractivity contribution in [3.05, 3.63) is 58.7 Å². The molecule has 4 N–H and O–H groups in total. The molecule has 0 radical (unpaired) electrons. The van der Waals surface area contributed by atoms with Gasteiger partial charge in [-0.1, -0.05) is 24.3 Å². The average Bonchev–Trinajstić information content (AvgIpc) is 3.21. The van der Waals surface area contributed by atoms with Gasteiger partial charge in [-0.3, -0.25) is 14.0 Å². The van der Waals surface area contributed by atoms with Crippen molar-refractivity contribution in [2.45, 2.75) is 30.4 Å². The molecule has 3 atom stereocenters. The molecule has 3 aromatic rings. The Morgan fingerprint density at radius 3 is 2.77 bits per heavy atom. The summed E-state index contributed by atoms with van der Waals surface area (Å²) < 4.78 is 31.7. The van der Waals surface area contributed by atoms with Crippen LogP contribution in [0.5, 0.6) is 0 Å². The number of imidazole rings is 1. The molecule has 1 aliphatic rings. The van der Waals surface area contributed by atoms with E-state index in [0.29, 0.717) is 5.57 Å². The van der Waals surface area contributed by atoms with Crippen LogP contribution in [0.15, 0.2) is 52.4 Å². The number of nitrogens with two attached hydrogens (primary N) is 1. The number of nitrogens with one attached hydrogen (secondary N) is 1. The van der Waals surface area contributed by atoms with Crippen LogP contribution in [0.4, 0.5) is 5.95 Å². The first-order chi connectivity index (χ1) is 14.2. The largest absolute Gasteiger partial charge is 0.392 e. The van der Waals surface area contributed by atoms with Gasteiger partial charge in [-0.2, -0.15) is 13.4 Å². The zero-order chi connectivity index (χ0) is 21.6. The Labute approximate surface area is 172 Å². The number of rotatable bonds is 5. The maximum atomic E-state index is 12.5. The number of hydrogen-bond acceptors (Lipinski definition) is 8. The van der Waals surface area contributed by atoms with Crippen molar-refractivity contribution in [1.29, 1.82) is 0 Å². The van der Waals surface area contributed by atoms with Gasteiger partial charge in [0.15, 0.2) is 11.2 Å². The third-order valence-electron chi connectivity index (χ3n) is 5.33. The van der Waals surface area contributed by atoms with Gasteiger partial charge in [-0.05, 0) is 31.1 Å². The zero-order valence-corrected chi connectivity index (χ0v) is 17.0. The van der Waals surface area contributed by atoms with E-state index in [4.69, 9.17) is 9.92 Å². The van der Waals surface area contributed by atoms with Crippen molar-refractivity contribution in [3.63, 3.8) is 0 Å². The minimum Gasteiger partial charge on any atom is -0.392 e. The summed E-state index contributed by atoms with van der Waals surface area (Å²) in [5, 5.41) is 10.5. The van der Waals surface area contributed by atoms with E-state index in [1.807, 2.05) is 6.92 Å². The van der Waals surface area contributed by atoms with Gasteiger partial charge in [0.25, 0.3) is 15.7 Å². The van der Waals surface area contributed by atoms with Crippen LogP contribution < -0.4 is 11.3 Å². The first-order valence-electron chi connectivity index (χ1n) is 9.22. The molecule has 0 aliphatic heterocycles. The Balaban J connectivity index is 1.56. The number of H-pyrrole nitrogens is 1. The fraction of sp³-hybridized carbons (Fsp3) is 0.316. The second kappa shape index (κ2) is 7.35. The van der Waals surface area contributed by atoms with E-state index in [9.17, 15) is 18.3 Å². The molecule has 1 fully saturated rings. The Kier molecular flexibility index (Phi) is 4.96. The summed E-state index contributed by atoms with van der Waals surface area (Å²) in [6.07, 6.45) is 0.797. The van der Waals surface area contributed by atoms with Crippen LogP contribution in [-0.2, 0) is 14.3 Å². The lowest BCUT2D eigenvalue weighted by Gasteiger charge is -2.17. The number of aliphatic hydroxyl groups excluding tert-OH is 1. The van der Waals surface area contributed by atoms with E-state index in [1.165, 1.54) is 18.5 Å². The van der Waals surface area contributed by atoms with E-state index in [1.54, 1.807) is 16.7 Å². The van der Waals surface area contributed by atoms with Crippen molar-refractivity contribution in [1.82, 2.24) is 19.5 Å². The Bertz CT molecular complexity index is 1280. The summed E-state index contributed by atoms with van der Waals surface area (Å²) in [7, 11) is -3.97. The number of aromatic amines is 1. The molecule has 1 unspecified atom stereocenters. The van der Waals surface area contributed by atoms with Gasteiger partial charge in [-0.25, -0.2) is 4.98 Å². The van der Waals surface area contributed by atoms with Crippen LogP contribution in [0.3, 0.4) is 0 Å². The maximum Gasteiger partial charge on any atom is 0.296 e. The van der Waals surface area contributed by atoms with Gasteiger partial charge in [0.05, 0.1) is 30.0 Å². The summed E-state index contributed by atoms with van der Waals surface area (Å²) >= 11 is 0. The lowest BCUT2D eigenvalue weighted by molar-refractivity contribution is 0.110. The predicted octanol–water partition coefficient (Wildman–Crippen LogP) is 0.894. The van der Waals surface area contributed by atoms with Crippen molar-refractivity contribution in [2.24, 2.45) is 5.92 Å². The lowest BCUT2D eigenvalue weighted by Crippen LogP contribution is -2.22. The second-order valence-electron chi connectivity index (χ2n) is 7.33. The maximum absolute atomic E-state index is 12.5. The number of hydrogen-bond donors (Lipinski definition) is 3. The lowest BCUT2D eigenvalue weighted by atomic mass is 10.0. The number of aliphatic hydroxyl groups is 1. The molecular weight excluding hydrogens is 410 g/mol. The first-order valence-corrected chi connectivity index (χ1v) is 10.6. The smallest absolute Gasteiger partial charge is 0.296 e. The number of nitrogens with zero attached hydrogens (tertiary/aromatic N) is 3. The highest BCUT2D eigenvalue weighted by molar-refractivity contribution is 7.86. The van der Waals surface area contributed by atoms with Crippen LogP contribution in [0.25, 0.3) is 11.2 Å². The van der Waals surface area contributed by atoms with Gasteiger partial charge in [0.1, 0.15) is 0 Å². The molecule has 158 valence electrons. The van der Waals surface area contributed by atoms with E-state index < -0.39 is 33.7 Å². The first kappa shape index (κ1) is 20.3. The molecule has 11 heteroatoms. The summed E-state index contributed by atoms with van der Waals surface area (Å²) in [6.45, 7) is 5.63. The quantitative estimate of drug-likeness (QED) is 0.398. The molecule has 1 saturated carbocycles. The summed E-state index contributed by atoms with van der Waals surface area (Å²) in [4.78, 5) is 22.6. The minimum absolute atomic E-state index is 0.0438. The minimum atomic E-state index is -3.97. The SMILES string of the molecule is C=C1[C@H](COS(=O)(=O)c2ccc(C)cc2)C(O)C[C@@H]1n1cnc2c(=O)[nH]c(N)nc21.